The third kappa shape index (κ3) is 3.86. The fourth-order valence-corrected chi connectivity index (χ4v) is 3.27. The molecule has 20 heavy (non-hydrogen) atoms. The largest absolute Gasteiger partial charge is 0.468 e. The molecule has 112 valence electrons. The molecule has 1 saturated heterocycles. The molecule has 0 spiro atoms. The summed E-state index contributed by atoms with van der Waals surface area (Å²) in [5.41, 5.74) is 1.38. The van der Waals surface area contributed by atoms with E-state index >= 15 is 0 Å². The van der Waals surface area contributed by atoms with Gasteiger partial charge in [-0.1, -0.05) is 19.8 Å². The van der Waals surface area contributed by atoms with Crippen LogP contribution in [-0.4, -0.2) is 24.0 Å². The van der Waals surface area contributed by atoms with Crippen molar-refractivity contribution in [3.05, 3.63) is 23.7 Å². The molecule has 1 N–H and O–H groups in total. The Kier molecular flexibility index (Phi) is 4.79. The molecular formula is C17H28N2O. The number of likely N-dealkylation sites (tertiary alicyclic amines) is 1. The van der Waals surface area contributed by atoms with E-state index in [1.54, 1.807) is 0 Å². The highest BCUT2D eigenvalue weighted by atomic mass is 16.3. The number of furan rings is 1. The number of hydrogen-bond donors (Lipinski definition) is 1. The van der Waals surface area contributed by atoms with Crippen molar-refractivity contribution in [2.24, 2.45) is 5.92 Å². The minimum atomic E-state index is 0.748. The number of nitrogens with zero attached hydrogens (tertiary/aromatic N) is 1. The molecule has 0 radical (unpaired) electrons. The van der Waals surface area contributed by atoms with Crippen LogP contribution in [0, 0.1) is 5.92 Å². The lowest BCUT2D eigenvalue weighted by atomic mass is 9.92. The van der Waals surface area contributed by atoms with Crippen molar-refractivity contribution in [1.29, 1.82) is 0 Å². The molecule has 0 bridgehead atoms. The average Bonchev–Trinajstić information content (AvgIpc) is 3.19. The summed E-state index contributed by atoms with van der Waals surface area (Å²) in [6.07, 6.45) is 10.0. The minimum Gasteiger partial charge on any atom is -0.468 e. The summed E-state index contributed by atoms with van der Waals surface area (Å²) >= 11 is 0. The zero-order valence-electron chi connectivity index (χ0n) is 12.7. The maximum atomic E-state index is 5.65. The molecule has 1 aliphatic carbocycles. The molecular weight excluding hydrogens is 248 g/mol. The fourth-order valence-electron chi connectivity index (χ4n) is 3.27. The first-order valence-electron chi connectivity index (χ1n) is 8.36. The normalized spacial score (nSPS) is 21.4. The van der Waals surface area contributed by atoms with Crippen molar-refractivity contribution in [1.82, 2.24) is 10.2 Å². The summed E-state index contributed by atoms with van der Waals surface area (Å²) in [4.78, 5) is 2.59. The van der Waals surface area contributed by atoms with Crippen LogP contribution in [0.2, 0.25) is 0 Å². The van der Waals surface area contributed by atoms with Crippen LogP contribution in [0.4, 0.5) is 0 Å². The first-order chi connectivity index (χ1) is 9.85. The molecule has 2 aliphatic rings. The minimum absolute atomic E-state index is 0.748. The van der Waals surface area contributed by atoms with Gasteiger partial charge in [0.1, 0.15) is 5.76 Å². The van der Waals surface area contributed by atoms with E-state index in [2.05, 4.69) is 23.2 Å². The predicted octanol–water partition coefficient (Wildman–Crippen LogP) is 3.54. The van der Waals surface area contributed by atoms with Crippen molar-refractivity contribution < 1.29 is 4.42 Å². The van der Waals surface area contributed by atoms with Gasteiger partial charge in [0, 0.05) is 18.2 Å². The van der Waals surface area contributed by atoms with Gasteiger partial charge < -0.3 is 9.73 Å². The van der Waals surface area contributed by atoms with Gasteiger partial charge in [-0.15, -0.1) is 0 Å². The molecule has 1 aliphatic heterocycles. The van der Waals surface area contributed by atoms with Crippen LogP contribution in [0.1, 0.15) is 56.8 Å². The first kappa shape index (κ1) is 14.2. The van der Waals surface area contributed by atoms with Crippen LogP contribution in [0.25, 0.3) is 0 Å². The second kappa shape index (κ2) is 6.77. The summed E-state index contributed by atoms with van der Waals surface area (Å²) in [6.45, 7) is 6.78. The standard InChI is InChI=1S/C17H28N2O/c1-2-3-14-6-9-19(10-7-14)13-15-8-11-20-17(15)12-18-16-4-5-16/h8,11,14,16,18H,2-7,9-10,12-13H2,1H3. The third-order valence-electron chi connectivity index (χ3n) is 4.76. The summed E-state index contributed by atoms with van der Waals surface area (Å²) in [5, 5.41) is 3.55. The molecule has 0 aromatic carbocycles. The Morgan fingerprint density at radius 3 is 2.75 bits per heavy atom. The lowest BCUT2D eigenvalue weighted by Crippen LogP contribution is -2.33. The van der Waals surface area contributed by atoms with Gasteiger partial charge in [0.05, 0.1) is 12.8 Å². The van der Waals surface area contributed by atoms with E-state index < -0.39 is 0 Å². The Balaban J connectivity index is 1.46. The topological polar surface area (TPSA) is 28.4 Å². The zero-order valence-corrected chi connectivity index (χ0v) is 12.7. The molecule has 1 aromatic rings. The van der Waals surface area contributed by atoms with Gasteiger partial charge in [-0.2, -0.15) is 0 Å². The van der Waals surface area contributed by atoms with Crippen molar-refractivity contribution in [3.8, 4) is 0 Å². The highest BCUT2D eigenvalue weighted by Crippen LogP contribution is 2.24. The first-order valence-corrected chi connectivity index (χ1v) is 8.36. The number of rotatable bonds is 7. The van der Waals surface area contributed by atoms with E-state index in [9.17, 15) is 0 Å². The molecule has 3 heteroatoms. The second-order valence-electron chi connectivity index (χ2n) is 6.53. The maximum Gasteiger partial charge on any atom is 0.122 e. The lowest BCUT2D eigenvalue weighted by molar-refractivity contribution is 0.171. The highest BCUT2D eigenvalue weighted by molar-refractivity contribution is 5.17. The van der Waals surface area contributed by atoms with E-state index in [1.807, 2.05) is 6.26 Å². The Morgan fingerprint density at radius 1 is 1.25 bits per heavy atom. The summed E-state index contributed by atoms with van der Waals surface area (Å²) < 4.78 is 5.65. The van der Waals surface area contributed by atoms with Crippen LogP contribution in [0.5, 0.6) is 0 Å². The van der Waals surface area contributed by atoms with Gasteiger partial charge in [-0.3, -0.25) is 4.90 Å². The third-order valence-corrected chi connectivity index (χ3v) is 4.76. The smallest absolute Gasteiger partial charge is 0.122 e. The van der Waals surface area contributed by atoms with Crippen molar-refractivity contribution in [2.45, 2.75) is 64.6 Å². The predicted molar refractivity (Wildman–Crippen MR) is 81.5 cm³/mol. The molecule has 1 aromatic heterocycles. The fraction of sp³-hybridized carbons (Fsp3) is 0.765. The Morgan fingerprint density at radius 2 is 2.05 bits per heavy atom. The van der Waals surface area contributed by atoms with E-state index in [0.29, 0.717) is 0 Å². The van der Waals surface area contributed by atoms with Crippen LogP contribution in [-0.2, 0) is 13.1 Å². The molecule has 3 rings (SSSR count). The molecule has 0 amide bonds. The van der Waals surface area contributed by atoms with Gasteiger partial charge in [0.2, 0.25) is 0 Å². The monoisotopic (exact) mass is 276 g/mol. The molecule has 2 heterocycles. The van der Waals surface area contributed by atoms with Crippen LogP contribution in [0.3, 0.4) is 0 Å². The maximum absolute atomic E-state index is 5.65. The zero-order chi connectivity index (χ0) is 13.8. The lowest BCUT2D eigenvalue weighted by Gasteiger charge is -2.31. The molecule has 0 atom stereocenters. The van der Waals surface area contributed by atoms with Crippen molar-refractivity contribution in [3.63, 3.8) is 0 Å². The van der Waals surface area contributed by atoms with E-state index in [4.69, 9.17) is 4.42 Å². The Bertz CT molecular complexity index is 403. The van der Waals surface area contributed by atoms with Gasteiger partial charge in [0.15, 0.2) is 0 Å². The SMILES string of the molecule is CCCC1CCN(Cc2ccoc2CNC2CC2)CC1. The van der Waals surface area contributed by atoms with Gasteiger partial charge in [-0.05, 0) is 50.8 Å². The van der Waals surface area contributed by atoms with E-state index in [-0.39, 0.29) is 0 Å². The number of piperidine rings is 1. The van der Waals surface area contributed by atoms with Gasteiger partial charge >= 0.3 is 0 Å². The Labute approximate surface area is 122 Å². The molecule has 0 unspecified atom stereocenters. The van der Waals surface area contributed by atoms with E-state index in [0.717, 1.165) is 30.8 Å². The van der Waals surface area contributed by atoms with Crippen molar-refractivity contribution >= 4 is 0 Å². The summed E-state index contributed by atoms with van der Waals surface area (Å²) in [7, 11) is 0. The summed E-state index contributed by atoms with van der Waals surface area (Å²) in [5.74, 6) is 2.11. The average molecular weight is 276 g/mol. The second-order valence-corrected chi connectivity index (χ2v) is 6.53. The van der Waals surface area contributed by atoms with Gasteiger partial charge in [0.25, 0.3) is 0 Å². The number of nitrogens with one attached hydrogen (secondary N) is 1. The Hall–Kier alpha value is -0.800. The van der Waals surface area contributed by atoms with Crippen LogP contribution < -0.4 is 5.32 Å². The highest BCUT2D eigenvalue weighted by Gasteiger charge is 2.22. The van der Waals surface area contributed by atoms with Crippen LogP contribution in [0.15, 0.2) is 16.7 Å². The quantitative estimate of drug-likeness (QED) is 0.825. The van der Waals surface area contributed by atoms with Crippen LogP contribution >= 0.6 is 0 Å². The van der Waals surface area contributed by atoms with Gasteiger partial charge in [-0.25, -0.2) is 0 Å². The molecule has 3 nitrogen and oxygen atoms in total. The van der Waals surface area contributed by atoms with E-state index in [1.165, 1.54) is 57.2 Å². The van der Waals surface area contributed by atoms with Crippen molar-refractivity contribution in [2.75, 3.05) is 13.1 Å². The number of hydrogen-bond acceptors (Lipinski definition) is 3. The molecule has 2 fully saturated rings. The molecule has 1 saturated carbocycles. The summed E-state index contributed by atoms with van der Waals surface area (Å²) in [6, 6.07) is 2.90.